The molecule has 0 radical (unpaired) electrons. The summed E-state index contributed by atoms with van der Waals surface area (Å²) in [5.74, 6) is -1.82. The molecule has 1 unspecified atom stereocenters. The Morgan fingerprint density at radius 2 is 1.79 bits per heavy atom. The van der Waals surface area contributed by atoms with E-state index < -0.39 is 29.3 Å². The summed E-state index contributed by atoms with van der Waals surface area (Å²) in [5.41, 5.74) is 0.695. The lowest BCUT2D eigenvalue weighted by atomic mass is 9.94. The van der Waals surface area contributed by atoms with Gasteiger partial charge in [-0.3, -0.25) is 14.6 Å². The lowest BCUT2D eigenvalue weighted by Crippen LogP contribution is -2.30. The van der Waals surface area contributed by atoms with Crippen LogP contribution in [0.4, 0.5) is 4.39 Å². The Labute approximate surface area is 188 Å². The zero-order valence-corrected chi connectivity index (χ0v) is 17.4. The van der Waals surface area contributed by atoms with Crippen LogP contribution in [0.25, 0.3) is 5.76 Å². The third-order valence-corrected chi connectivity index (χ3v) is 5.61. The van der Waals surface area contributed by atoms with Gasteiger partial charge in [0.15, 0.2) is 11.5 Å². The Balaban J connectivity index is 1.65. The maximum absolute atomic E-state index is 14.9. The number of ketones is 1. The number of nitrogens with zero attached hydrogens (tertiary/aromatic N) is 2. The molecule has 1 fully saturated rings. The van der Waals surface area contributed by atoms with Crippen LogP contribution >= 0.6 is 0 Å². The maximum atomic E-state index is 14.9. The van der Waals surface area contributed by atoms with Gasteiger partial charge >= 0.3 is 0 Å². The maximum Gasteiger partial charge on any atom is 0.296 e. The van der Waals surface area contributed by atoms with Gasteiger partial charge in [-0.2, -0.15) is 0 Å². The fraction of sp³-hybridized carbons (Fsp3) is 0.160. The quantitative estimate of drug-likeness (QED) is 0.374. The number of benzene rings is 2. The van der Waals surface area contributed by atoms with Crippen molar-refractivity contribution in [3.8, 4) is 11.5 Å². The number of fused-ring (bicyclic) bond motifs is 1. The van der Waals surface area contributed by atoms with E-state index in [1.807, 2.05) is 0 Å². The highest BCUT2D eigenvalue weighted by Crippen LogP contribution is 2.42. The molecule has 5 rings (SSSR count). The number of ether oxygens (including phenoxy) is 2. The van der Waals surface area contributed by atoms with Crippen LogP contribution in [0, 0.1) is 5.82 Å². The molecule has 7 nitrogen and oxygen atoms in total. The van der Waals surface area contributed by atoms with Crippen LogP contribution in [0.3, 0.4) is 0 Å². The van der Waals surface area contributed by atoms with Crippen LogP contribution < -0.4 is 9.47 Å². The number of aliphatic hydroxyl groups is 1. The first kappa shape index (κ1) is 20.7. The monoisotopic (exact) mass is 446 g/mol. The number of hydrogen-bond acceptors (Lipinski definition) is 6. The fourth-order valence-corrected chi connectivity index (χ4v) is 4.08. The smallest absolute Gasteiger partial charge is 0.296 e. The van der Waals surface area contributed by atoms with Crippen molar-refractivity contribution in [2.45, 2.75) is 12.6 Å². The Morgan fingerprint density at radius 3 is 2.55 bits per heavy atom. The van der Waals surface area contributed by atoms with Crippen molar-refractivity contribution in [2.24, 2.45) is 0 Å². The molecule has 0 bridgehead atoms. The number of likely N-dealkylation sites (tertiary alicyclic amines) is 1. The first-order valence-corrected chi connectivity index (χ1v) is 10.4. The van der Waals surface area contributed by atoms with Gasteiger partial charge in [0.05, 0.1) is 23.9 Å². The van der Waals surface area contributed by atoms with E-state index in [0.717, 1.165) is 0 Å². The lowest BCUT2D eigenvalue weighted by Gasteiger charge is -2.25. The summed E-state index contributed by atoms with van der Waals surface area (Å²) < 4.78 is 25.9. The summed E-state index contributed by atoms with van der Waals surface area (Å²) in [6.07, 6.45) is 1.57. The third kappa shape index (κ3) is 3.69. The summed E-state index contributed by atoms with van der Waals surface area (Å²) in [4.78, 5) is 31.6. The Kier molecular flexibility index (Phi) is 5.26. The number of rotatable bonds is 4. The molecule has 33 heavy (non-hydrogen) atoms. The molecule has 3 heterocycles. The highest BCUT2D eigenvalue weighted by atomic mass is 19.1. The normalized spacial score (nSPS) is 19.1. The summed E-state index contributed by atoms with van der Waals surface area (Å²) in [6.45, 7) is 0.730. The van der Waals surface area contributed by atoms with Crippen molar-refractivity contribution in [3.63, 3.8) is 0 Å². The number of hydrogen-bond donors (Lipinski definition) is 1. The molecule has 1 atom stereocenters. The van der Waals surface area contributed by atoms with Crippen LogP contribution in [0.5, 0.6) is 11.5 Å². The van der Waals surface area contributed by atoms with E-state index in [-0.39, 0.29) is 23.2 Å². The summed E-state index contributed by atoms with van der Waals surface area (Å²) in [6, 6.07) is 14.7. The van der Waals surface area contributed by atoms with Gasteiger partial charge in [-0.05, 0) is 36.4 Å². The minimum absolute atomic E-state index is 0.0255. The van der Waals surface area contributed by atoms with Crippen molar-refractivity contribution in [1.82, 2.24) is 9.88 Å². The van der Waals surface area contributed by atoms with E-state index in [1.165, 1.54) is 29.2 Å². The minimum Gasteiger partial charge on any atom is -0.507 e. The van der Waals surface area contributed by atoms with Gasteiger partial charge in [0.2, 0.25) is 0 Å². The van der Waals surface area contributed by atoms with Crippen LogP contribution in [-0.4, -0.2) is 39.9 Å². The van der Waals surface area contributed by atoms with E-state index in [4.69, 9.17) is 9.47 Å². The molecule has 2 aromatic carbocycles. The minimum atomic E-state index is -1.12. The summed E-state index contributed by atoms with van der Waals surface area (Å²) in [5, 5.41) is 11.2. The van der Waals surface area contributed by atoms with Gasteiger partial charge in [0.25, 0.3) is 11.7 Å². The molecule has 1 amide bonds. The molecule has 3 aromatic rings. The van der Waals surface area contributed by atoms with E-state index >= 15 is 0 Å². The van der Waals surface area contributed by atoms with Crippen LogP contribution in [0.1, 0.15) is 22.9 Å². The van der Waals surface area contributed by atoms with Crippen molar-refractivity contribution >= 4 is 17.4 Å². The highest BCUT2D eigenvalue weighted by molar-refractivity contribution is 6.46. The number of halogens is 1. The zero-order chi connectivity index (χ0) is 22.9. The number of aliphatic hydroxyl groups excluding tert-OH is 1. The Morgan fingerprint density at radius 1 is 1.03 bits per heavy atom. The van der Waals surface area contributed by atoms with Crippen molar-refractivity contribution < 1.29 is 28.6 Å². The topological polar surface area (TPSA) is 89.0 Å². The molecule has 1 saturated heterocycles. The molecule has 1 N–H and O–H groups in total. The molecule has 1 aromatic heterocycles. The number of carbonyl (C=O) groups excluding carboxylic acids is 2. The van der Waals surface area contributed by atoms with Gasteiger partial charge in [0.1, 0.15) is 24.8 Å². The van der Waals surface area contributed by atoms with Gasteiger partial charge in [-0.1, -0.05) is 24.3 Å². The second-order valence-corrected chi connectivity index (χ2v) is 7.63. The van der Waals surface area contributed by atoms with Crippen LogP contribution in [0.15, 0.2) is 72.4 Å². The zero-order valence-electron chi connectivity index (χ0n) is 17.4. The first-order valence-electron chi connectivity index (χ1n) is 10.4. The molecular formula is C25H19FN2O5. The van der Waals surface area contributed by atoms with Crippen molar-refractivity contribution in [3.05, 3.63) is 95.1 Å². The largest absolute Gasteiger partial charge is 0.507 e. The van der Waals surface area contributed by atoms with Gasteiger partial charge in [0, 0.05) is 17.3 Å². The highest BCUT2D eigenvalue weighted by Gasteiger charge is 2.47. The average Bonchev–Trinajstić information content (AvgIpc) is 3.09. The number of Topliss-reactive ketones (excluding diaryl/α,β-unsaturated/α-hetero) is 1. The van der Waals surface area contributed by atoms with Crippen LogP contribution in [-0.2, 0) is 16.1 Å². The van der Waals surface area contributed by atoms with Crippen molar-refractivity contribution in [2.75, 3.05) is 13.2 Å². The van der Waals surface area contributed by atoms with E-state index in [1.54, 1.807) is 42.6 Å². The fourth-order valence-electron chi connectivity index (χ4n) is 4.08. The van der Waals surface area contributed by atoms with Crippen molar-refractivity contribution in [1.29, 1.82) is 0 Å². The predicted octanol–water partition coefficient (Wildman–Crippen LogP) is 3.61. The predicted molar refractivity (Wildman–Crippen MR) is 116 cm³/mol. The molecular weight excluding hydrogens is 427 g/mol. The SMILES string of the molecule is O=C1C(=O)N(Cc2ccccn2)C(c2ccccc2F)/C1=C(\O)c1ccc2c(c1)OCCO2. The summed E-state index contributed by atoms with van der Waals surface area (Å²) in [7, 11) is 0. The standard InChI is InChI=1S/C25H19FN2O5/c26-18-7-2-1-6-17(18)22-21(23(29)15-8-9-19-20(13-15)33-12-11-32-19)24(30)25(31)28(22)14-16-5-3-4-10-27-16/h1-10,13,22,29H,11-12,14H2/b23-21+. The molecule has 8 heteroatoms. The number of carbonyl (C=O) groups is 2. The number of pyridine rings is 1. The van der Waals surface area contributed by atoms with Gasteiger partial charge in [-0.25, -0.2) is 4.39 Å². The molecule has 2 aliphatic heterocycles. The molecule has 0 saturated carbocycles. The van der Waals surface area contributed by atoms with Crippen LogP contribution in [0.2, 0.25) is 0 Å². The Hall–Kier alpha value is -4.20. The van der Waals surface area contributed by atoms with E-state index in [2.05, 4.69) is 4.98 Å². The van der Waals surface area contributed by atoms with E-state index in [0.29, 0.717) is 30.4 Å². The Bertz CT molecular complexity index is 1270. The van der Waals surface area contributed by atoms with Gasteiger partial charge in [-0.15, -0.1) is 0 Å². The number of aromatic nitrogens is 1. The first-order chi connectivity index (χ1) is 16.0. The second kappa shape index (κ2) is 8.38. The number of amides is 1. The molecule has 0 aliphatic carbocycles. The van der Waals surface area contributed by atoms with Gasteiger partial charge < -0.3 is 19.5 Å². The lowest BCUT2D eigenvalue weighted by molar-refractivity contribution is -0.140. The molecule has 2 aliphatic rings. The second-order valence-electron chi connectivity index (χ2n) is 7.63. The van der Waals surface area contributed by atoms with E-state index in [9.17, 15) is 19.1 Å². The average molecular weight is 446 g/mol. The molecule has 0 spiro atoms. The summed E-state index contributed by atoms with van der Waals surface area (Å²) >= 11 is 0. The third-order valence-electron chi connectivity index (χ3n) is 5.61. The molecule has 166 valence electrons.